The van der Waals surface area contributed by atoms with Gasteiger partial charge in [0.05, 0.1) is 0 Å². The van der Waals surface area contributed by atoms with E-state index in [0.717, 1.165) is 6.54 Å². The monoisotopic (exact) mass is 344 g/mol. The molecule has 1 atom stereocenters. The minimum absolute atomic E-state index is 0. The maximum atomic E-state index is 3.57. The standard InChI is InChI=1S/C15H21BrN2.ClH/c1-12-8-13(2-3-14(12)16)9-18-7-5-15(11-18)4-6-17-10-15;/h2-3,8,17H,4-7,9-11H2,1H3;1H. The van der Waals surface area contributed by atoms with E-state index in [-0.39, 0.29) is 12.4 Å². The van der Waals surface area contributed by atoms with Gasteiger partial charge in [-0.1, -0.05) is 28.1 Å². The van der Waals surface area contributed by atoms with Gasteiger partial charge in [0.2, 0.25) is 0 Å². The predicted octanol–water partition coefficient (Wildman–Crippen LogP) is 3.36. The minimum Gasteiger partial charge on any atom is -0.316 e. The fourth-order valence-corrected chi connectivity index (χ4v) is 3.62. The van der Waals surface area contributed by atoms with E-state index in [2.05, 4.69) is 51.3 Å². The minimum atomic E-state index is 0. The Labute approximate surface area is 130 Å². The van der Waals surface area contributed by atoms with Gasteiger partial charge in [-0.3, -0.25) is 4.90 Å². The fraction of sp³-hybridized carbons (Fsp3) is 0.600. The molecule has 0 amide bonds. The van der Waals surface area contributed by atoms with Crippen molar-refractivity contribution in [2.45, 2.75) is 26.3 Å². The number of hydrogen-bond donors (Lipinski definition) is 1. The summed E-state index contributed by atoms with van der Waals surface area (Å²) in [5.74, 6) is 0. The van der Waals surface area contributed by atoms with Crippen LogP contribution >= 0.6 is 28.3 Å². The van der Waals surface area contributed by atoms with Crippen molar-refractivity contribution in [2.75, 3.05) is 26.2 Å². The van der Waals surface area contributed by atoms with Crippen LogP contribution in [-0.4, -0.2) is 31.1 Å². The molecule has 2 aliphatic heterocycles. The van der Waals surface area contributed by atoms with Crippen molar-refractivity contribution in [1.82, 2.24) is 10.2 Å². The van der Waals surface area contributed by atoms with Crippen LogP contribution in [0.25, 0.3) is 0 Å². The zero-order valence-corrected chi connectivity index (χ0v) is 13.8. The van der Waals surface area contributed by atoms with Crippen LogP contribution in [0.2, 0.25) is 0 Å². The van der Waals surface area contributed by atoms with E-state index in [1.54, 1.807) is 0 Å². The van der Waals surface area contributed by atoms with E-state index in [0.29, 0.717) is 5.41 Å². The Bertz CT molecular complexity index is 444. The molecule has 1 aromatic rings. The van der Waals surface area contributed by atoms with Gasteiger partial charge in [-0.2, -0.15) is 0 Å². The number of rotatable bonds is 2. The van der Waals surface area contributed by atoms with Crippen LogP contribution in [0, 0.1) is 12.3 Å². The van der Waals surface area contributed by atoms with Gasteiger partial charge >= 0.3 is 0 Å². The number of aryl methyl sites for hydroxylation is 1. The highest BCUT2D eigenvalue weighted by Crippen LogP contribution is 2.36. The molecule has 2 nitrogen and oxygen atoms in total. The zero-order chi connectivity index (χ0) is 12.6. The molecule has 3 rings (SSSR count). The molecule has 1 N–H and O–H groups in total. The molecule has 2 saturated heterocycles. The average Bonchev–Trinajstić information content (AvgIpc) is 2.96. The summed E-state index contributed by atoms with van der Waals surface area (Å²) >= 11 is 3.57. The second-order valence-electron chi connectivity index (χ2n) is 5.97. The summed E-state index contributed by atoms with van der Waals surface area (Å²) in [5.41, 5.74) is 3.37. The van der Waals surface area contributed by atoms with Crippen LogP contribution < -0.4 is 5.32 Å². The van der Waals surface area contributed by atoms with Gasteiger partial charge in [0, 0.05) is 24.1 Å². The molecule has 2 heterocycles. The second-order valence-corrected chi connectivity index (χ2v) is 6.83. The Morgan fingerprint density at radius 1 is 1.37 bits per heavy atom. The van der Waals surface area contributed by atoms with E-state index in [4.69, 9.17) is 0 Å². The van der Waals surface area contributed by atoms with Gasteiger partial charge in [-0.15, -0.1) is 12.4 Å². The van der Waals surface area contributed by atoms with Crippen molar-refractivity contribution in [3.05, 3.63) is 33.8 Å². The van der Waals surface area contributed by atoms with Crippen LogP contribution in [0.3, 0.4) is 0 Å². The lowest BCUT2D eigenvalue weighted by Crippen LogP contribution is -2.28. The molecule has 2 fully saturated rings. The van der Waals surface area contributed by atoms with Gasteiger partial charge in [-0.05, 0) is 55.5 Å². The number of nitrogens with zero attached hydrogens (tertiary/aromatic N) is 1. The summed E-state index contributed by atoms with van der Waals surface area (Å²) in [7, 11) is 0. The topological polar surface area (TPSA) is 15.3 Å². The van der Waals surface area contributed by atoms with E-state index in [1.165, 1.54) is 54.6 Å². The largest absolute Gasteiger partial charge is 0.316 e. The average molecular weight is 346 g/mol. The lowest BCUT2D eigenvalue weighted by Gasteiger charge is -2.23. The maximum Gasteiger partial charge on any atom is 0.0234 e. The fourth-order valence-electron chi connectivity index (χ4n) is 3.37. The van der Waals surface area contributed by atoms with E-state index < -0.39 is 0 Å². The summed E-state index contributed by atoms with van der Waals surface area (Å²) < 4.78 is 1.21. The molecule has 0 aliphatic carbocycles. The van der Waals surface area contributed by atoms with Crippen LogP contribution in [0.15, 0.2) is 22.7 Å². The maximum absolute atomic E-state index is 3.57. The highest BCUT2D eigenvalue weighted by molar-refractivity contribution is 9.10. The molecule has 19 heavy (non-hydrogen) atoms. The first-order chi connectivity index (χ1) is 8.67. The quantitative estimate of drug-likeness (QED) is 0.884. The lowest BCUT2D eigenvalue weighted by atomic mass is 9.86. The Kier molecular flexibility index (Phi) is 4.93. The van der Waals surface area contributed by atoms with Gasteiger partial charge in [-0.25, -0.2) is 0 Å². The Morgan fingerprint density at radius 2 is 2.21 bits per heavy atom. The molecule has 4 heteroatoms. The molecule has 0 bridgehead atoms. The first kappa shape index (κ1) is 15.3. The molecule has 0 radical (unpaired) electrons. The molecule has 2 aliphatic rings. The summed E-state index contributed by atoms with van der Waals surface area (Å²) in [5, 5.41) is 3.52. The summed E-state index contributed by atoms with van der Waals surface area (Å²) in [6, 6.07) is 6.73. The summed E-state index contributed by atoms with van der Waals surface area (Å²) in [4.78, 5) is 2.62. The van der Waals surface area contributed by atoms with Crippen molar-refractivity contribution in [2.24, 2.45) is 5.41 Å². The molecular formula is C15H22BrClN2. The van der Waals surface area contributed by atoms with Crippen LogP contribution in [0.4, 0.5) is 0 Å². The van der Waals surface area contributed by atoms with Crippen molar-refractivity contribution >= 4 is 28.3 Å². The molecule has 1 spiro atoms. The number of likely N-dealkylation sites (tertiary alicyclic amines) is 1. The molecule has 0 saturated carbocycles. The SMILES string of the molecule is Cc1cc(CN2CCC3(CCNC3)C2)ccc1Br.Cl. The van der Waals surface area contributed by atoms with E-state index in [9.17, 15) is 0 Å². The number of hydrogen-bond acceptors (Lipinski definition) is 2. The Balaban J connectivity index is 0.00000133. The molecule has 0 aromatic heterocycles. The highest BCUT2D eigenvalue weighted by atomic mass is 79.9. The first-order valence-electron chi connectivity index (χ1n) is 6.85. The normalized spacial score (nSPS) is 26.8. The van der Waals surface area contributed by atoms with Crippen molar-refractivity contribution in [3.63, 3.8) is 0 Å². The number of benzene rings is 1. The van der Waals surface area contributed by atoms with Crippen molar-refractivity contribution in [1.29, 1.82) is 0 Å². The Hall–Kier alpha value is -0.0900. The van der Waals surface area contributed by atoms with Gasteiger partial charge in [0.15, 0.2) is 0 Å². The zero-order valence-electron chi connectivity index (χ0n) is 11.4. The molecular weight excluding hydrogens is 324 g/mol. The highest BCUT2D eigenvalue weighted by Gasteiger charge is 2.39. The van der Waals surface area contributed by atoms with Crippen LogP contribution in [-0.2, 0) is 6.54 Å². The van der Waals surface area contributed by atoms with Crippen molar-refractivity contribution < 1.29 is 0 Å². The molecule has 1 unspecified atom stereocenters. The van der Waals surface area contributed by atoms with E-state index in [1.807, 2.05) is 0 Å². The second kappa shape index (κ2) is 6.13. The van der Waals surface area contributed by atoms with Gasteiger partial charge < -0.3 is 5.32 Å². The summed E-state index contributed by atoms with van der Waals surface area (Å²) in [6.07, 6.45) is 2.73. The van der Waals surface area contributed by atoms with Crippen molar-refractivity contribution in [3.8, 4) is 0 Å². The number of halogens is 2. The number of nitrogens with one attached hydrogen (secondary N) is 1. The third-order valence-electron chi connectivity index (χ3n) is 4.48. The smallest absolute Gasteiger partial charge is 0.0234 e. The van der Waals surface area contributed by atoms with E-state index >= 15 is 0 Å². The third-order valence-corrected chi connectivity index (χ3v) is 5.37. The third kappa shape index (κ3) is 3.33. The van der Waals surface area contributed by atoms with Gasteiger partial charge in [0.1, 0.15) is 0 Å². The predicted molar refractivity (Wildman–Crippen MR) is 85.9 cm³/mol. The Morgan fingerprint density at radius 3 is 2.89 bits per heavy atom. The summed E-state index contributed by atoms with van der Waals surface area (Å²) in [6.45, 7) is 8.25. The molecule has 106 valence electrons. The van der Waals surface area contributed by atoms with Crippen LogP contribution in [0.1, 0.15) is 24.0 Å². The first-order valence-corrected chi connectivity index (χ1v) is 7.64. The molecule has 1 aromatic carbocycles. The lowest BCUT2D eigenvalue weighted by molar-refractivity contribution is 0.268. The van der Waals surface area contributed by atoms with Crippen LogP contribution in [0.5, 0.6) is 0 Å². The van der Waals surface area contributed by atoms with Gasteiger partial charge in [0.25, 0.3) is 0 Å².